The summed E-state index contributed by atoms with van der Waals surface area (Å²) in [6.07, 6.45) is 0. The summed E-state index contributed by atoms with van der Waals surface area (Å²) in [7, 11) is 0. The number of hydrogen-bond acceptors (Lipinski definition) is 0. The van der Waals surface area contributed by atoms with E-state index in [2.05, 4.69) is 0 Å². The SMILES string of the molecule is [Al].[Fe].[Mn].[Zn]. The zero-order valence-corrected chi connectivity index (χ0v) is 8.42. The van der Waals surface area contributed by atoms with Gasteiger partial charge in [-0.1, -0.05) is 0 Å². The van der Waals surface area contributed by atoms with Gasteiger partial charge in [0, 0.05) is 71.0 Å². The van der Waals surface area contributed by atoms with Crippen LogP contribution in [0.5, 0.6) is 0 Å². The molecular formula is AlFeMnZn. The fourth-order valence-corrected chi connectivity index (χ4v) is 0. The van der Waals surface area contributed by atoms with Gasteiger partial charge in [0.1, 0.15) is 0 Å². The Morgan fingerprint density at radius 3 is 1.00 bits per heavy atom. The molecule has 0 bridgehead atoms. The quantitative estimate of drug-likeness (QED) is 0.470. The van der Waals surface area contributed by atoms with Crippen LogP contribution in [-0.2, 0) is 53.6 Å². The first kappa shape index (κ1) is 34.7. The molecule has 0 spiro atoms. The predicted molar refractivity (Wildman–Crippen MR) is 5.75 cm³/mol. The summed E-state index contributed by atoms with van der Waals surface area (Å²) in [6.45, 7) is 0. The van der Waals surface area contributed by atoms with Crippen LogP contribution in [0.4, 0.5) is 0 Å². The van der Waals surface area contributed by atoms with Crippen molar-refractivity contribution in [1.82, 2.24) is 0 Å². The molecule has 0 aliphatic carbocycles. The molecule has 0 rings (SSSR count). The molecule has 4 heavy (non-hydrogen) atoms. The molecule has 20 valence electrons. The van der Waals surface area contributed by atoms with Crippen molar-refractivity contribution in [2.45, 2.75) is 0 Å². The van der Waals surface area contributed by atoms with Gasteiger partial charge in [0.2, 0.25) is 0 Å². The summed E-state index contributed by atoms with van der Waals surface area (Å²) >= 11 is 0. The van der Waals surface area contributed by atoms with Crippen molar-refractivity contribution in [1.29, 1.82) is 0 Å². The Hall–Kier alpha value is 2.19. The van der Waals surface area contributed by atoms with Gasteiger partial charge in [0.25, 0.3) is 0 Å². The molecule has 0 fully saturated rings. The van der Waals surface area contributed by atoms with Crippen LogP contribution in [-0.4, -0.2) is 17.4 Å². The second kappa shape index (κ2) is 19.0. The average molecular weight is 203 g/mol. The van der Waals surface area contributed by atoms with E-state index in [9.17, 15) is 0 Å². The second-order valence-electron chi connectivity index (χ2n) is 0. The van der Waals surface area contributed by atoms with Crippen LogP contribution in [0, 0.1) is 0 Å². The van der Waals surface area contributed by atoms with E-state index in [1.54, 1.807) is 0 Å². The topological polar surface area (TPSA) is 0 Å². The first-order valence-electron chi connectivity index (χ1n) is 0. The van der Waals surface area contributed by atoms with Crippen molar-refractivity contribution >= 4 is 17.4 Å². The minimum absolute atomic E-state index is 0. The summed E-state index contributed by atoms with van der Waals surface area (Å²) in [6, 6.07) is 0. The standard InChI is InChI=1S/Al.Fe.Mn.Zn. The summed E-state index contributed by atoms with van der Waals surface area (Å²) in [4.78, 5) is 0. The van der Waals surface area contributed by atoms with Crippen molar-refractivity contribution in [2.75, 3.05) is 0 Å². The van der Waals surface area contributed by atoms with Crippen molar-refractivity contribution in [2.24, 2.45) is 0 Å². The average Bonchev–Trinajstić information content (AvgIpc) is 0. The van der Waals surface area contributed by atoms with Gasteiger partial charge in [-0.15, -0.1) is 0 Å². The molecule has 0 saturated carbocycles. The van der Waals surface area contributed by atoms with Crippen LogP contribution in [0.3, 0.4) is 0 Å². The van der Waals surface area contributed by atoms with E-state index in [0.717, 1.165) is 0 Å². The largest absolute Gasteiger partial charge is 0 e. The fourth-order valence-electron chi connectivity index (χ4n) is 0. The third-order valence-corrected chi connectivity index (χ3v) is 0. The van der Waals surface area contributed by atoms with E-state index in [1.165, 1.54) is 0 Å². The minimum atomic E-state index is 0. The van der Waals surface area contributed by atoms with Crippen LogP contribution in [0.2, 0.25) is 0 Å². The maximum absolute atomic E-state index is 0. The monoisotopic (exact) mass is 202 g/mol. The molecule has 0 aliphatic heterocycles. The van der Waals surface area contributed by atoms with Gasteiger partial charge >= 0.3 is 0 Å². The van der Waals surface area contributed by atoms with Crippen LogP contribution in [0.25, 0.3) is 0 Å². The van der Waals surface area contributed by atoms with Gasteiger partial charge < -0.3 is 0 Å². The van der Waals surface area contributed by atoms with Crippen LogP contribution < -0.4 is 0 Å². The number of hydrogen-bond donors (Lipinski definition) is 0. The molecule has 0 nitrogen and oxygen atoms in total. The Balaban J connectivity index is 0. The Morgan fingerprint density at radius 2 is 1.00 bits per heavy atom. The van der Waals surface area contributed by atoms with E-state index in [1.807, 2.05) is 0 Å². The second-order valence-corrected chi connectivity index (χ2v) is 0. The van der Waals surface area contributed by atoms with Gasteiger partial charge in [-0.05, 0) is 0 Å². The van der Waals surface area contributed by atoms with Gasteiger partial charge in [-0.25, -0.2) is 0 Å². The Morgan fingerprint density at radius 1 is 1.00 bits per heavy atom. The molecule has 0 aromatic rings. The van der Waals surface area contributed by atoms with E-state index in [0.29, 0.717) is 0 Å². The normalized spacial score (nSPS) is 0. The molecule has 0 aliphatic rings. The molecule has 0 aromatic carbocycles. The van der Waals surface area contributed by atoms with Crippen molar-refractivity contribution in [3.8, 4) is 0 Å². The van der Waals surface area contributed by atoms with E-state index in [-0.39, 0.29) is 71.0 Å². The van der Waals surface area contributed by atoms with Crippen LogP contribution in [0.1, 0.15) is 0 Å². The molecule has 0 amide bonds. The minimum Gasteiger partial charge on any atom is 0 e. The third-order valence-electron chi connectivity index (χ3n) is 0. The molecule has 0 N–H and O–H groups in total. The number of rotatable bonds is 0. The van der Waals surface area contributed by atoms with Crippen LogP contribution in [0.15, 0.2) is 0 Å². The van der Waals surface area contributed by atoms with E-state index in [4.69, 9.17) is 0 Å². The van der Waals surface area contributed by atoms with Crippen molar-refractivity contribution in [3.63, 3.8) is 0 Å². The Bertz CT molecular complexity index is 8.00. The van der Waals surface area contributed by atoms with Gasteiger partial charge in [-0.3, -0.25) is 0 Å². The first-order chi connectivity index (χ1) is 0. The summed E-state index contributed by atoms with van der Waals surface area (Å²) in [5, 5.41) is 0. The predicted octanol–water partition coefficient (Wildman–Crippen LogP) is -0.388. The molecular weight excluding hydrogens is 203 g/mol. The van der Waals surface area contributed by atoms with E-state index >= 15 is 0 Å². The summed E-state index contributed by atoms with van der Waals surface area (Å²) in [5.74, 6) is 0. The molecule has 0 unspecified atom stereocenters. The van der Waals surface area contributed by atoms with Gasteiger partial charge in [0.15, 0.2) is 0 Å². The Labute approximate surface area is 70.3 Å². The zero-order chi connectivity index (χ0) is 0. The molecule has 0 heterocycles. The van der Waals surface area contributed by atoms with Gasteiger partial charge in [-0.2, -0.15) is 0 Å². The molecule has 4 heteroatoms. The summed E-state index contributed by atoms with van der Waals surface area (Å²) < 4.78 is 0. The van der Waals surface area contributed by atoms with Crippen molar-refractivity contribution in [3.05, 3.63) is 0 Å². The van der Waals surface area contributed by atoms with Crippen molar-refractivity contribution < 1.29 is 53.6 Å². The third kappa shape index (κ3) is 8.89. The van der Waals surface area contributed by atoms with E-state index < -0.39 is 0 Å². The molecule has 0 aromatic heterocycles. The Kier molecular flexibility index (Phi) is 165. The summed E-state index contributed by atoms with van der Waals surface area (Å²) in [5.41, 5.74) is 0. The molecule has 4 radical (unpaired) electrons. The zero-order valence-electron chi connectivity index (χ0n) is 2.02. The fraction of sp³-hybridized carbons (Fsp3) is 0. The first-order valence-corrected chi connectivity index (χ1v) is 0. The van der Waals surface area contributed by atoms with Crippen LogP contribution >= 0.6 is 0 Å². The molecule has 0 atom stereocenters. The maximum Gasteiger partial charge on any atom is 0 e. The van der Waals surface area contributed by atoms with Gasteiger partial charge in [0.05, 0.1) is 0 Å². The maximum atomic E-state index is 0. The molecule has 0 saturated heterocycles. The smallest absolute Gasteiger partial charge is 0 e.